The molecule has 0 aromatic heterocycles. The fraction of sp³-hybridized carbons (Fsp3) is 0.0909. The maximum absolute atomic E-state index is 10.8. The highest BCUT2D eigenvalue weighted by Crippen LogP contribution is 2.15. The van der Waals surface area contributed by atoms with E-state index in [0.717, 1.165) is 6.08 Å². The molecule has 0 atom stereocenters. The van der Waals surface area contributed by atoms with Crippen LogP contribution in [0.1, 0.15) is 12.5 Å². The zero-order valence-electron chi connectivity index (χ0n) is 9.41. The van der Waals surface area contributed by atoms with Gasteiger partial charge in [0, 0.05) is 19.1 Å². The fourth-order valence-corrected chi connectivity index (χ4v) is 1.24. The van der Waals surface area contributed by atoms with E-state index in [-0.39, 0.29) is 11.4 Å². The van der Waals surface area contributed by atoms with Gasteiger partial charge in [-0.05, 0) is 11.6 Å². The molecule has 1 aromatic rings. The third-order valence-corrected chi connectivity index (χ3v) is 1.93. The van der Waals surface area contributed by atoms with Crippen LogP contribution in [0.5, 0.6) is 0 Å². The summed E-state index contributed by atoms with van der Waals surface area (Å²) in [6.07, 6.45) is 1.15. The molecule has 7 heteroatoms. The second-order valence-electron chi connectivity index (χ2n) is 3.40. The molecule has 0 bridgehead atoms. The molecule has 0 saturated heterocycles. The Labute approximate surface area is 102 Å². The number of amides is 1. The molecule has 0 aliphatic carbocycles. The predicted molar refractivity (Wildman–Crippen MR) is 62.5 cm³/mol. The Kier molecular flexibility index (Phi) is 4.14. The van der Waals surface area contributed by atoms with E-state index < -0.39 is 16.8 Å². The number of carbonyl (C=O) groups excluding carboxylic acids is 1. The Balaban J connectivity index is 3.11. The third kappa shape index (κ3) is 3.71. The fourth-order valence-electron chi connectivity index (χ4n) is 1.24. The minimum absolute atomic E-state index is 0.156. The van der Waals surface area contributed by atoms with E-state index in [9.17, 15) is 19.7 Å². The maximum atomic E-state index is 10.8. The minimum Gasteiger partial charge on any atom is -0.477 e. The number of carboxylic acid groups (broad SMARTS) is 1. The van der Waals surface area contributed by atoms with Crippen LogP contribution in [0.15, 0.2) is 30.0 Å². The van der Waals surface area contributed by atoms with Crippen LogP contribution in [0.2, 0.25) is 0 Å². The van der Waals surface area contributed by atoms with Gasteiger partial charge in [0.1, 0.15) is 5.70 Å². The predicted octanol–water partition coefficient (Wildman–Crippen LogP) is 1.16. The number of carbonyl (C=O) groups is 2. The summed E-state index contributed by atoms with van der Waals surface area (Å²) in [5.41, 5.74) is -0.185. The summed E-state index contributed by atoms with van der Waals surface area (Å²) in [6, 6.07) is 5.43. The van der Waals surface area contributed by atoms with E-state index in [2.05, 4.69) is 5.32 Å². The highest BCUT2D eigenvalue weighted by Gasteiger charge is 2.10. The molecular weight excluding hydrogens is 240 g/mol. The summed E-state index contributed by atoms with van der Waals surface area (Å²) in [7, 11) is 0. The van der Waals surface area contributed by atoms with Crippen LogP contribution >= 0.6 is 0 Å². The van der Waals surface area contributed by atoms with Gasteiger partial charge in [-0.2, -0.15) is 0 Å². The summed E-state index contributed by atoms with van der Waals surface area (Å²) >= 11 is 0. The first-order valence-corrected chi connectivity index (χ1v) is 4.87. The van der Waals surface area contributed by atoms with Crippen molar-refractivity contribution in [3.05, 3.63) is 45.6 Å². The third-order valence-electron chi connectivity index (χ3n) is 1.93. The number of benzene rings is 1. The van der Waals surface area contributed by atoms with Crippen molar-refractivity contribution in [2.24, 2.45) is 0 Å². The summed E-state index contributed by atoms with van der Waals surface area (Å²) in [5, 5.41) is 21.5. The Bertz CT molecular complexity index is 536. The van der Waals surface area contributed by atoms with Crippen LogP contribution in [0.3, 0.4) is 0 Å². The van der Waals surface area contributed by atoms with E-state index in [1.807, 2.05) is 0 Å². The van der Waals surface area contributed by atoms with Gasteiger partial charge < -0.3 is 10.4 Å². The number of nitro groups is 1. The van der Waals surface area contributed by atoms with Gasteiger partial charge in [-0.15, -0.1) is 0 Å². The highest BCUT2D eigenvalue weighted by molar-refractivity contribution is 5.96. The van der Waals surface area contributed by atoms with Gasteiger partial charge in [-0.3, -0.25) is 14.9 Å². The van der Waals surface area contributed by atoms with E-state index >= 15 is 0 Å². The Morgan fingerprint density at radius 2 is 2.11 bits per heavy atom. The molecule has 0 saturated carbocycles. The van der Waals surface area contributed by atoms with Crippen LogP contribution < -0.4 is 5.32 Å². The van der Waals surface area contributed by atoms with Gasteiger partial charge in [0.05, 0.1) is 4.92 Å². The average Bonchev–Trinajstić information content (AvgIpc) is 2.27. The number of hydrogen-bond acceptors (Lipinski definition) is 4. The van der Waals surface area contributed by atoms with Gasteiger partial charge in [-0.25, -0.2) is 4.79 Å². The molecule has 18 heavy (non-hydrogen) atoms. The van der Waals surface area contributed by atoms with Crippen molar-refractivity contribution in [2.75, 3.05) is 0 Å². The molecule has 0 fully saturated rings. The molecule has 1 rings (SSSR count). The highest BCUT2D eigenvalue weighted by atomic mass is 16.6. The van der Waals surface area contributed by atoms with E-state index in [0.29, 0.717) is 5.56 Å². The first kappa shape index (κ1) is 13.4. The van der Waals surface area contributed by atoms with Crippen molar-refractivity contribution < 1.29 is 19.6 Å². The zero-order valence-corrected chi connectivity index (χ0v) is 9.41. The van der Waals surface area contributed by atoms with Crippen LogP contribution in [-0.2, 0) is 9.59 Å². The number of nitro benzene ring substituents is 1. The van der Waals surface area contributed by atoms with Crippen molar-refractivity contribution in [3.8, 4) is 0 Å². The molecule has 94 valence electrons. The first-order chi connectivity index (χ1) is 8.40. The molecule has 0 aliphatic rings. The monoisotopic (exact) mass is 250 g/mol. The topological polar surface area (TPSA) is 110 Å². The van der Waals surface area contributed by atoms with Crippen LogP contribution in [0.4, 0.5) is 5.69 Å². The van der Waals surface area contributed by atoms with Gasteiger partial charge in [-0.1, -0.05) is 12.1 Å². The van der Waals surface area contributed by atoms with Gasteiger partial charge in [0.25, 0.3) is 5.69 Å². The molecule has 0 aliphatic heterocycles. The van der Waals surface area contributed by atoms with Gasteiger partial charge >= 0.3 is 5.97 Å². The van der Waals surface area contributed by atoms with E-state index in [1.54, 1.807) is 0 Å². The molecule has 1 aromatic carbocycles. The summed E-state index contributed by atoms with van der Waals surface area (Å²) in [6.45, 7) is 1.17. The molecule has 0 unspecified atom stereocenters. The standard InChI is InChI=1S/C11H10N2O5/c1-7(14)12-10(11(15)16)6-8-3-2-4-9(5-8)13(17)18/h2-6H,1H3,(H,12,14)(H,15,16). The number of non-ortho nitro benzene ring substituents is 1. The van der Waals surface area contributed by atoms with Crippen molar-refractivity contribution in [2.45, 2.75) is 6.92 Å². The lowest BCUT2D eigenvalue weighted by molar-refractivity contribution is -0.384. The van der Waals surface area contributed by atoms with Crippen molar-refractivity contribution in [1.29, 1.82) is 0 Å². The second-order valence-corrected chi connectivity index (χ2v) is 3.40. The first-order valence-electron chi connectivity index (χ1n) is 4.87. The molecule has 1 amide bonds. The lowest BCUT2D eigenvalue weighted by Gasteiger charge is -2.02. The van der Waals surface area contributed by atoms with Crippen molar-refractivity contribution in [1.82, 2.24) is 5.32 Å². The maximum Gasteiger partial charge on any atom is 0.352 e. The Morgan fingerprint density at radius 3 is 2.61 bits per heavy atom. The Morgan fingerprint density at radius 1 is 1.44 bits per heavy atom. The lowest BCUT2D eigenvalue weighted by atomic mass is 10.1. The molecule has 7 nitrogen and oxygen atoms in total. The Hall–Kier alpha value is -2.70. The van der Waals surface area contributed by atoms with Gasteiger partial charge in [0.15, 0.2) is 0 Å². The minimum atomic E-state index is -1.32. The number of carboxylic acids is 1. The number of hydrogen-bond donors (Lipinski definition) is 2. The van der Waals surface area contributed by atoms with Gasteiger partial charge in [0.2, 0.25) is 5.91 Å². The largest absolute Gasteiger partial charge is 0.477 e. The van der Waals surface area contributed by atoms with Crippen molar-refractivity contribution in [3.63, 3.8) is 0 Å². The normalized spacial score (nSPS) is 10.8. The van der Waals surface area contributed by atoms with E-state index in [1.165, 1.54) is 31.2 Å². The number of rotatable bonds is 4. The van der Waals surface area contributed by atoms with Crippen LogP contribution in [0, 0.1) is 10.1 Å². The van der Waals surface area contributed by atoms with E-state index in [4.69, 9.17) is 5.11 Å². The molecular formula is C11H10N2O5. The summed E-state index contributed by atoms with van der Waals surface area (Å²) in [5.74, 6) is -1.86. The SMILES string of the molecule is CC(=O)NC(=Cc1cccc([N+](=O)[O-])c1)C(=O)O. The van der Waals surface area contributed by atoms with Crippen LogP contribution in [0.25, 0.3) is 6.08 Å². The number of nitrogens with one attached hydrogen (secondary N) is 1. The smallest absolute Gasteiger partial charge is 0.352 e. The quantitative estimate of drug-likeness (QED) is 0.473. The number of aliphatic carboxylic acids is 1. The second kappa shape index (κ2) is 5.58. The average molecular weight is 250 g/mol. The molecule has 0 spiro atoms. The van der Waals surface area contributed by atoms with Crippen molar-refractivity contribution >= 4 is 23.6 Å². The molecule has 0 heterocycles. The number of nitrogens with zero attached hydrogens (tertiary/aromatic N) is 1. The van der Waals surface area contributed by atoms with Crippen LogP contribution in [-0.4, -0.2) is 21.9 Å². The molecule has 0 radical (unpaired) electrons. The summed E-state index contributed by atoms with van der Waals surface area (Å²) < 4.78 is 0. The lowest BCUT2D eigenvalue weighted by Crippen LogP contribution is -2.24. The molecule has 2 N–H and O–H groups in total. The zero-order chi connectivity index (χ0) is 13.7. The summed E-state index contributed by atoms with van der Waals surface area (Å²) in [4.78, 5) is 31.6.